The van der Waals surface area contributed by atoms with Crippen molar-refractivity contribution in [2.45, 2.75) is 37.2 Å². The first-order valence-electron chi connectivity index (χ1n) is 8.42. The maximum absolute atomic E-state index is 11.1. The van der Waals surface area contributed by atoms with E-state index in [0.29, 0.717) is 40.7 Å². The highest BCUT2D eigenvalue weighted by Gasteiger charge is 2.49. The second-order valence-corrected chi connectivity index (χ2v) is 6.75. The topological polar surface area (TPSA) is 79.2 Å². The Morgan fingerprint density at radius 1 is 1.33 bits per heavy atom. The van der Waals surface area contributed by atoms with Crippen molar-refractivity contribution in [1.82, 2.24) is 0 Å². The van der Waals surface area contributed by atoms with Gasteiger partial charge in [-0.3, -0.25) is 0 Å². The van der Waals surface area contributed by atoms with Crippen LogP contribution in [-0.2, 0) is 5.60 Å². The van der Waals surface area contributed by atoms with E-state index < -0.39 is 5.60 Å². The molecule has 2 bridgehead atoms. The largest absolute Gasteiger partial charge is 0.507 e. The van der Waals surface area contributed by atoms with E-state index in [2.05, 4.69) is 0 Å². The van der Waals surface area contributed by atoms with Gasteiger partial charge in [-0.1, -0.05) is 12.1 Å². The molecule has 2 aliphatic rings. The molecule has 3 N–H and O–H groups in total. The molecular formula is C19H22O5. The van der Waals surface area contributed by atoms with Gasteiger partial charge in [0.25, 0.3) is 0 Å². The van der Waals surface area contributed by atoms with E-state index >= 15 is 0 Å². The van der Waals surface area contributed by atoms with Gasteiger partial charge in [-0.25, -0.2) is 0 Å². The maximum Gasteiger partial charge on any atom is 0.135 e. The van der Waals surface area contributed by atoms with Crippen molar-refractivity contribution >= 4 is 10.8 Å². The predicted octanol–water partition coefficient (Wildman–Crippen LogP) is 2.78. The molecule has 0 amide bonds. The Morgan fingerprint density at radius 2 is 2.17 bits per heavy atom. The smallest absolute Gasteiger partial charge is 0.135 e. The number of aliphatic hydroxyl groups excluding tert-OH is 1. The van der Waals surface area contributed by atoms with E-state index in [1.165, 1.54) is 0 Å². The molecule has 0 spiro atoms. The fraction of sp³-hybridized carbons (Fsp3) is 0.474. The van der Waals surface area contributed by atoms with E-state index in [-0.39, 0.29) is 24.9 Å². The van der Waals surface area contributed by atoms with Crippen molar-refractivity contribution in [2.24, 2.45) is 0 Å². The highest BCUT2D eigenvalue weighted by atomic mass is 16.5. The zero-order chi connectivity index (χ0) is 16.9. The molecule has 1 saturated carbocycles. The van der Waals surface area contributed by atoms with Crippen molar-refractivity contribution in [2.75, 3.05) is 20.3 Å². The number of rotatable bonds is 4. The van der Waals surface area contributed by atoms with Gasteiger partial charge in [0.1, 0.15) is 23.9 Å². The van der Waals surface area contributed by atoms with Crippen LogP contribution in [0, 0.1) is 0 Å². The molecule has 2 aromatic rings. The van der Waals surface area contributed by atoms with Gasteiger partial charge in [0, 0.05) is 16.5 Å². The quantitative estimate of drug-likeness (QED) is 0.803. The van der Waals surface area contributed by atoms with Crippen molar-refractivity contribution in [1.29, 1.82) is 0 Å². The third kappa shape index (κ3) is 2.01. The van der Waals surface area contributed by atoms with E-state index in [9.17, 15) is 15.3 Å². The molecule has 2 aliphatic carbocycles. The molecule has 0 heterocycles. The monoisotopic (exact) mass is 330 g/mol. The summed E-state index contributed by atoms with van der Waals surface area (Å²) in [5.74, 6) is 1.54. The van der Waals surface area contributed by atoms with Crippen LogP contribution in [0.5, 0.6) is 17.2 Å². The van der Waals surface area contributed by atoms with Crippen LogP contribution in [0.15, 0.2) is 18.2 Å². The molecule has 5 heteroatoms. The molecule has 0 aromatic heterocycles. The van der Waals surface area contributed by atoms with Crippen LogP contribution in [0.4, 0.5) is 0 Å². The summed E-state index contributed by atoms with van der Waals surface area (Å²) in [5.41, 5.74) is 0.508. The second kappa shape index (κ2) is 5.53. The normalized spacial score (nSPS) is 24.9. The number of aliphatic hydroxyl groups is 2. The maximum atomic E-state index is 11.1. The Hall–Kier alpha value is -1.98. The Kier molecular flexibility index (Phi) is 3.58. The molecule has 0 aliphatic heterocycles. The summed E-state index contributed by atoms with van der Waals surface area (Å²) in [6, 6.07) is 5.45. The van der Waals surface area contributed by atoms with Gasteiger partial charge in [0.05, 0.1) is 24.7 Å². The number of methoxy groups -OCH3 is 1. The molecule has 0 radical (unpaired) electrons. The molecule has 2 atom stereocenters. The minimum absolute atomic E-state index is 0.0960. The molecule has 4 rings (SSSR count). The van der Waals surface area contributed by atoms with Crippen LogP contribution >= 0.6 is 0 Å². The van der Waals surface area contributed by atoms with Crippen molar-refractivity contribution in [3.63, 3.8) is 0 Å². The van der Waals surface area contributed by atoms with Gasteiger partial charge in [-0.05, 0) is 37.7 Å². The summed E-state index contributed by atoms with van der Waals surface area (Å²) in [6.07, 6.45) is 3.15. The third-order valence-electron chi connectivity index (χ3n) is 5.42. The Balaban J connectivity index is 2.10. The third-order valence-corrected chi connectivity index (χ3v) is 5.42. The first kappa shape index (κ1) is 15.5. The zero-order valence-electron chi connectivity index (χ0n) is 13.7. The van der Waals surface area contributed by atoms with Gasteiger partial charge in [-0.2, -0.15) is 0 Å². The minimum Gasteiger partial charge on any atom is -0.507 e. The standard InChI is InChI=1S/C19H22O5/c1-23-13-6-2-5-12-15(13)18(24-9-8-20)14-11-4-3-7-19(22,10-11)16(14)17(12)21/h2,5-6,11,20-22H,3-4,7-10H2,1H3. The number of benzene rings is 2. The lowest BCUT2D eigenvalue weighted by atomic mass is 9.83. The highest BCUT2D eigenvalue weighted by molar-refractivity contribution is 6.01. The highest BCUT2D eigenvalue weighted by Crippen LogP contribution is 2.61. The summed E-state index contributed by atoms with van der Waals surface area (Å²) in [7, 11) is 1.58. The van der Waals surface area contributed by atoms with Crippen LogP contribution in [0.3, 0.4) is 0 Å². The van der Waals surface area contributed by atoms with Gasteiger partial charge < -0.3 is 24.8 Å². The molecule has 1 fully saturated rings. The van der Waals surface area contributed by atoms with Gasteiger partial charge in [0.15, 0.2) is 0 Å². The van der Waals surface area contributed by atoms with Crippen molar-refractivity contribution in [3.8, 4) is 17.2 Å². The van der Waals surface area contributed by atoms with Crippen molar-refractivity contribution in [3.05, 3.63) is 29.3 Å². The number of hydrogen-bond acceptors (Lipinski definition) is 5. The summed E-state index contributed by atoms with van der Waals surface area (Å²) >= 11 is 0. The van der Waals surface area contributed by atoms with Gasteiger partial charge in [0.2, 0.25) is 0 Å². The second-order valence-electron chi connectivity index (χ2n) is 6.75. The summed E-state index contributed by atoms with van der Waals surface area (Å²) in [6.45, 7) is 0.0662. The number of hydrogen-bond donors (Lipinski definition) is 3. The van der Waals surface area contributed by atoms with Crippen LogP contribution in [0.2, 0.25) is 0 Å². The molecule has 2 unspecified atom stereocenters. The first-order valence-corrected chi connectivity index (χ1v) is 8.42. The minimum atomic E-state index is -0.989. The molecule has 128 valence electrons. The average Bonchev–Trinajstić information content (AvgIpc) is 2.80. The fourth-order valence-corrected chi connectivity index (χ4v) is 4.53. The Bertz CT molecular complexity index is 800. The molecule has 2 aromatic carbocycles. The average molecular weight is 330 g/mol. The van der Waals surface area contributed by atoms with Crippen LogP contribution in [0.1, 0.15) is 42.7 Å². The SMILES string of the molecule is COc1cccc2c(O)c3c(c(OCCO)c12)C1CCCC3(O)C1. The van der Waals surface area contributed by atoms with E-state index in [1.807, 2.05) is 18.2 Å². The van der Waals surface area contributed by atoms with Crippen LogP contribution in [-0.4, -0.2) is 35.6 Å². The Morgan fingerprint density at radius 3 is 2.92 bits per heavy atom. The lowest BCUT2D eigenvalue weighted by Crippen LogP contribution is -2.25. The van der Waals surface area contributed by atoms with E-state index in [1.54, 1.807) is 7.11 Å². The number of aromatic hydroxyl groups is 1. The van der Waals surface area contributed by atoms with Crippen LogP contribution in [0.25, 0.3) is 10.8 Å². The summed E-state index contributed by atoms with van der Waals surface area (Å²) < 4.78 is 11.4. The van der Waals surface area contributed by atoms with E-state index in [0.717, 1.165) is 18.4 Å². The number of ether oxygens (including phenoxy) is 2. The number of phenolic OH excluding ortho intramolecular Hbond substituents is 1. The molecular weight excluding hydrogens is 308 g/mol. The molecule has 5 nitrogen and oxygen atoms in total. The van der Waals surface area contributed by atoms with Crippen molar-refractivity contribution < 1.29 is 24.8 Å². The summed E-state index contributed by atoms with van der Waals surface area (Å²) in [4.78, 5) is 0. The lowest BCUT2D eigenvalue weighted by molar-refractivity contribution is 0.00601. The number of fused-ring (bicyclic) bond motifs is 6. The van der Waals surface area contributed by atoms with Crippen LogP contribution < -0.4 is 9.47 Å². The van der Waals surface area contributed by atoms with Gasteiger partial charge >= 0.3 is 0 Å². The number of phenols is 1. The summed E-state index contributed by atoms with van der Waals surface area (Å²) in [5, 5.41) is 32.6. The lowest BCUT2D eigenvalue weighted by Gasteiger charge is -2.28. The van der Waals surface area contributed by atoms with E-state index in [4.69, 9.17) is 9.47 Å². The predicted molar refractivity (Wildman–Crippen MR) is 89.9 cm³/mol. The molecule has 0 saturated heterocycles. The Labute approximate surface area is 140 Å². The van der Waals surface area contributed by atoms with Gasteiger partial charge in [-0.15, -0.1) is 0 Å². The first-order chi connectivity index (χ1) is 11.6. The zero-order valence-corrected chi connectivity index (χ0v) is 13.7. The molecule has 24 heavy (non-hydrogen) atoms. The fourth-order valence-electron chi connectivity index (χ4n) is 4.53.